The number of fused-ring (bicyclic) bond motifs is 3. The van der Waals surface area contributed by atoms with Crippen molar-refractivity contribution in [3.8, 4) is 0 Å². The summed E-state index contributed by atoms with van der Waals surface area (Å²) in [5, 5.41) is 4.26. The molecule has 0 N–H and O–H groups in total. The molecule has 39 heavy (non-hydrogen) atoms. The summed E-state index contributed by atoms with van der Waals surface area (Å²) in [7, 11) is 1.92. The van der Waals surface area contributed by atoms with E-state index in [4.69, 9.17) is 0 Å². The summed E-state index contributed by atoms with van der Waals surface area (Å²) >= 11 is 0. The van der Waals surface area contributed by atoms with Gasteiger partial charge < -0.3 is 9.80 Å². The molecule has 0 spiro atoms. The van der Waals surface area contributed by atoms with Gasteiger partial charge >= 0.3 is 0 Å². The third kappa shape index (κ3) is 6.38. The largest absolute Gasteiger partial charge is 0.337 e. The number of para-hydroxylation sites is 1. The summed E-state index contributed by atoms with van der Waals surface area (Å²) in [5.74, 6) is 0.272. The molecule has 2 aliphatic rings. The zero-order valence-electron chi connectivity index (χ0n) is 23.2. The van der Waals surface area contributed by atoms with Crippen molar-refractivity contribution in [1.82, 2.24) is 24.6 Å². The molecule has 0 saturated carbocycles. The van der Waals surface area contributed by atoms with Crippen molar-refractivity contribution in [1.29, 1.82) is 0 Å². The van der Waals surface area contributed by atoms with Crippen LogP contribution in [0.15, 0.2) is 61.1 Å². The number of amides is 2. The van der Waals surface area contributed by atoms with Crippen LogP contribution in [0, 0.1) is 0 Å². The van der Waals surface area contributed by atoms with Crippen LogP contribution in [0.2, 0.25) is 0 Å². The zero-order chi connectivity index (χ0) is 27.2. The Morgan fingerprint density at radius 1 is 0.949 bits per heavy atom. The number of hydrogen-bond acceptors (Lipinski definition) is 5. The fraction of sp³-hybridized carbons (Fsp3) is 0.484. The van der Waals surface area contributed by atoms with Gasteiger partial charge in [-0.25, -0.2) is 0 Å². The molecule has 3 aromatic rings. The van der Waals surface area contributed by atoms with Gasteiger partial charge in [0.25, 0.3) is 0 Å². The second-order valence-corrected chi connectivity index (χ2v) is 10.8. The van der Waals surface area contributed by atoms with Crippen LogP contribution in [0.3, 0.4) is 0 Å². The lowest BCUT2D eigenvalue weighted by molar-refractivity contribution is -0.133. The predicted molar refractivity (Wildman–Crippen MR) is 152 cm³/mol. The number of aromatic nitrogens is 3. The minimum atomic E-state index is 0.129. The van der Waals surface area contributed by atoms with Crippen molar-refractivity contribution in [2.75, 3.05) is 18.0 Å². The van der Waals surface area contributed by atoms with Crippen LogP contribution in [0.25, 0.3) is 0 Å². The van der Waals surface area contributed by atoms with E-state index in [-0.39, 0.29) is 17.9 Å². The van der Waals surface area contributed by atoms with Crippen molar-refractivity contribution in [2.24, 2.45) is 7.05 Å². The monoisotopic (exact) mass is 528 g/mol. The number of piperidine rings is 1. The van der Waals surface area contributed by atoms with E-state index >= 15 is 0 Å². The molecule has 0 radical (unpaired) electrons. The van der Waals surface area contributed by atoms with Gasteiger partial charge in [0, 0.05) is 88.1 Å². The number of benzene rings is 1. The van der Waals surface area contributed by atoms with Crippen LogP contribution in [0.5, 0.6) is 0 Å². The smallest absolute Gasteiger partial charge is 0.226 e. The van der Waals surface area contributed by atoms with Crippen molar-refractivity contribution < 1.29 is 9.59 Å². The quantitative estimate of drug-likeness (QED) is 0.476. The Bertz CT molecular complexity index is 1260. The first kappa shape index (κ1) is 27.1. The van der Waals surface area contributed by atoms with Gasteiger partial charge in [-0.15, -0.1) is 0 Å². The summed E-state index contributed by atoms with van der Waals surface area (Å²) in [4.78, 5) is 37.9. The third-order valence-corrected chi connectivity index (χ3v) is 8.36. The molecule has 2 atom stereocenters. The highest BCUT2D eigenvalue weighted by Crippen LogP contribution is 2.32. The van der Waals surface area contributed by atoms with Gasteiger partial charge in [-0.05, 0) is 61.1 Å². The minimum absolute atomic E-state index is 0.129. The lowest BCUT2D eigenvalue weighted by Gasteiger charge is -2.44. The van der Waals surface area contributed by atoms with Crippen molar-refractivity contribution in [2.45, 2.75) is 77.0 Å². The lowest BCUT2D eigenvalue weighted by Crippen LogP contribution is -2.52. The van der Waals surface area contributed by atoms with Crippen molar-refractivity contribution >= 4 is 17.5 Å². The van der Waals surface area contributed by atoms with E-state index < -0.39 is 0 Å². The minimum Gasteiger partial charge on any atom is -0.337 e. The second kappa shape index (κ2) is 12.6. The highest BCUT2D eigenvalue weighted by Gasteiger charge is 2.34. The van der Waals surface area contributed by atoms with E-state index in [2.05, 4.69) is 33.2 Å². The standard InChI is InChI=1S/C31H40N6O2/c1-3-30(38)36-20-16-27-8-6-9-28(37(27)21-24-13-17-32-18-14-24)23-35(22-25-7-4-5-10-29(25)36)31(39)12-11-26-15-19-33-34(26)2/h4-5,7,10,13-15,17-19,27-28H,3,6,8-9,11-12,16,20-23H2,1-2H3. The Morgan fingerprint density at radius 3 is 2.51 bits per heavy atom. The van der Waals surface area contributed by atoms with E-state index in [9.17, 15) is 9.59 Å². The Labute approximate surface area is 231 Å². The molecule has 1 saturated heterocycles. The number of anilines is 1. The second-order valence-electron chi connectivity index (χ2n) is 10.8. The fourth-order valence-electron chi connectivity index (χ4n) is 6.19. The van der Waals surface area contributed by atoms with Crippen LogP contribution < -0.4 is 4.90 Å². The van der Waals surface area contributed by atoms with E-state index in [1.54, 1.807) is 6.20 Å². The number of carbonyl (C=O) groups is 2. The molecule has 8 heteroatoms. The van der Waals surface area contributed by atoms with Crippen LogP contribution in [-0.4, -0.2) is 61.6 Å². The first-order valence-corrected chi connectivity index (χ1v) is 14.3. The Kier molecular flexibility index (Phi) is 8.71. The molecule has 0 aliphatic carbocycles. The average molecular weight is 529 g/mol. The summed E-state index contributed by atoms with van der Waals surface area (Å²) in [6.07, 6.45) is 11.2. The number of nitrogens with zero attached hydrogens (tertiary/aromatic N) is 6. The Hall–Kier alpha value is -3.52. The van der Waals surface area contributed by atoms with Gasteiger partial charge in [-0.3, -0.25) is 24.2 Å². The summed E-state index contributed by atoms with van der Waals surface area (Å²) in [6, 6.07) is 14.9. The molecule has 5 rings (SSSR count). The Balaban J connectivity index is 1.49. The fourth-order valence-corrected chi connectivity index (χ4v) is 6.19. The SMILES string of the molecule is CCC(=O)N1CCC2CCCC(CN(C(=O)CCc3ccnn3C)Cc3ccccc31)N2Cc1ccncc1. The van der Waals surface area contributed by atoms with E-state index in [1.807, 2.05) is 65.1 Å². The van der Waals surface area contributed by atoms with Crippen molar-refractivity contribution in [3.05, 3.63) is 77.9 Å². The molecule has 8 nitrogen and oxygen atoms in total. The summed E-state index contributed by atoms with van der Waals surface area (Å²) in [5.41, 5.74) is 4.25. The van der Waals surface area contributed by atoms with Crippen LogP contribution in [0.1, 0.15) is 62.3 Å². The maximum Gasteiger partial charge on any atom is 0.226 e. The van der Waals surface area contributed by atoms with Crippen molar-refractivity contribution in [3.63, 3.8) is 0 Å². The van der Waals surface area contributed by atoms with Gasteiger partial charge in [0.2, 0.25) is 11.8 Å². The molecule has 2 aliphatic heterocycles. The highest BCUT2D eigenvalue weighted by molar-refractivity contribution is 5.94. The predicted octanol–water partition coefficient (Wildman–Crippen LogP) is 4.35. The van der Waals surface area contributed by atoms with Crippen LogP contribution >= 0.6 is 0 Å². The van der Waals surface area contributed by atoms with Gasteiger partial charge in [0.05, 0.1) is 0 Å². The maximum atomic E-state index is 13.9. The number of rotatable bonds is 6. The molecule has 2 unspecified atom stereocenters. The molecule has 2 aromatic heterocycles. The number of pyridine rings is 1. The van der Waals surface area contributed by atoms with Gasteiger partial charge in [-0.1, -0.05) is 31.5 Å². The van der Waals surface area contributed by atoms with E-state index in [0.29, 0.717) is 44.9 Å². The topological polar surface area (TPSA) is 74.6 Å². The molecular weight excluding hydrogens is 488 g/mol. The molecule has 206 valence electrons. The van der Waals surface area contributed by atoms with Gasteiger partial charge in [-0.2, -0.15) is 5.10 Å². The van der Waals surface area contributed by atoms with Gasteiger partial charge in [0.15, 0.2) is 0 Å². The zero-order valence-corrected chi connectivity index (χ0v) is 23.2. The molecule has 2 bridgehead atoms. The first-order chi connectivity index (χ1) is 19.0. The lowest BCUT2D eigenvalue weighted by atomic mass is 9.92. The summed E-state index contributed by atoms with van der Waals surface area (Å²) in [6.45, 7) is 4.61. The van der Waals surface area contributed by atoms with E-state index in [1.165, 1.54) is 5.56 Å². The number of aryl methyl sites for hydroxylation is 2. The maximum absolute atomic E-state index is 13.9. The average Bonchev–Trinajstić information content (AvgIpc) is 3.37. The van der Waals surface area contributed by atoms with Crippen LogP contribution in [-0.2, 0) is 36.1 Å². The van der Waals surface area contributed by atoms with E-state index in [0.717, 1.165) is 49.2 Å². The third-order valence-electron chi connectivity index (χ3n) is 8.36. The van der Waals surface area contributed by atoms with Gasteiger partial charge in [0.1, 0.15) is 0 Å². The molecule has 2 amide bonds. The molecular formula is C31H40N6O2. The molecule has 1 fully saturated rings. The number of carbonyl (C=O) groups excluding carboxylic acids is 2. The summed E-state index contributed by atoms with van der Waals surface area (Å²) < 4.78 is 1.84. The molecule has 4 heterocycles. The molecule has 1 aromatic carbocycles. The Morgan fingerprint density at radius 2 is 1.74 bits per heavy atom. The normalized spacial score (nSPS) is 20.3. The van der Waals surface area contributed by atoms with Crippen LogP contribution in [0.4, 0.5) is 5.69 Å². The highest BCUT2D eigenvalue weighted by atomic mass is 16.2. The number of hydrogen-bond donors (Lipinski definition) is 0. The first-order valence-electron chi connectivity index (χ1n) is 14.3.